The fraction of sp³-hybridized carbons (Fsp3) is 0.364. The number of aliphatic hydroxyl groups is 1. The van der Waals surface area contributed by atoms with Gasteiger partial charge in [-0.05, 0) is 13.0 Å². The van der Waals surface area contributed by atoms with Crippen LogP contribution in [0.3, 0.4) is 0 Å². The molecule has 1 aromatic rings. The molecule has 0 spiro atoms. The second-order valence-corrected chi connectivity index (χ2v) is 4.97. The quantitative estimate of drug-likeness (QED) is 0.686. The van der Waals surface area contributed by atoms with Crippen LogP contribution in [0.4, 0.5) is 0 Å². The van der Waals surface area contributed by atoms with Gasteiger partial charge < -0.3 is 14.6 Å². The summed E-state index contributed by atoms with van der Waals surface area (Å²) in [7, 11) is 1.17. The molecule has 0 bridgehead atoms. The van der Waals surface area contributed by atoms with Crippen molar-refractivity contribution in [3.8, 4) is 5.75 Å². The lowest BCUT2D eigenvalue weighted by Gasteiger charge is -2.20. The summed E-state index contributed by atoms with van der Waals surface area (Å²) in [6.07, 6.45) is 0. The van der Waals surface area contributed by atoms with Crippen molar-refractivity contribution in [3.63, 3.8) is 0 Å². The molecule has 0 aliphatic rings. The van der Waals surface area contributed by atoms with Crippen LogP contribution < -0.4 is 4.74 Å². The number of hydrogen-bond donors (Lipinski definition) is 1. The van der Waals surface area contributed by atoms with E-state index in [2.05, 4.69) is 4.74 Å². The summed E-state index contributed by atoms with van der Waals surface area (Å²) < 4.78 is 9.66. The van der Waals surface area contributed by atoms with Gasteiger partial charge in [-0.25, -0.2) is 4.79 Å². The largest absolute Gasteiger partial charge is 0.488 e. The number of rotatable bonds is 4. The first-order chi connectivity index (χ1) is 8.27. The highest BCUT2D eigenvalue weighted by Crippen LogP contribution is 2.34. The van der Waals surface area contributed by atoms with E-state index in [1.807, 2.05) is 0 Å². The minimum absolute atomic E-state index is 0.218. The van der Waals surface area contributed by atoms with Gasteiger partial charge in [0.1, 0.15) is 12.4 Å². The van der Waals surface area contributed by atoms with E-state index in [0.29, 0.717) is 0 Å². The summed E-state index contributed by atoms with van der Waals surface area (Å²) in [6.45, 7) is 0.946. The number of esters is 1. The third-order valence-electron chi connectivity index (χ3n) is 2.11. The molecule has 0 fully saturated rings. The Morgan fingerprint density at radius 2 is 1.83 bits per heavy atom. The van der Waals surface area contributed by atoms with Gasteiger partial charge in [-0.3, -0.25) is 0 Å². The molecular weight excluding hydrogens is 302 g/mol. The van der Waals surface area contributed by atoms with Crippen molar-refractivity contribution >= 4 is 40.8 Å². The molecule has 0 aromatic heterocycles. The van der Waals surface area contributed by atoms with E-state index in [0.717, 1.165) is 0 Å². The molecule has 0 saturated heterocycles. The maximum Gasteiger partial charge on any atom is 0.341 e. The summed E-state index contributed by atoms with van der Waals surface area (Å²) >= 11 is 17.4. The third kappa shape index (κ3) is 3.65. The molecule has 100 valence electrons. The van der Waals surface area contributed by atoms with Gasteiger partial charge in [0, 0.05) is 6.07 Å². The number of halogens is 3. The van der Waals surface area contributed by atoms with Gasteiger partial charge in [0.15, 0.2) is 5.60 Å². The Morgan fingerprint density at radius 3 is 2.39 bits per heavy atom. The van der Waals surface area contributed by atoms with Crippen LogP contribution in [0.25, 0.3) is 0 Å². The van der Waals surface area contributed by atoms with E-state index >= 15 is 0 Å². The molecule has 0 aliphatic heterocycles. The fourth-order valence-corrected chi connectivity index (χ4v) is 1.70. The van der Waals surface area contributed by atoms with Crippen LogP contribution >= 0.6 is 34.8 Å². The van der Waals surface area contributed by atoms with Gasteiger partial charge in [-0.1, -0.05) is 34.8 Å². The molecule has 0 heterocycles. The average Bonchev–Trinajstić information content (AvgIpc) is 2.31. The molecule has 1 atom stereocenters. The van der Waals surface area contributed by atoms with E-state index in [1.165, 1.54) is 26.2 Å². The molecule has 1 rings (SSSR count). The monoisotopic (exact) mass is 312 g/mol. The normalized spacial score (nSPS) is 13.9. The van der Waals surface area contributed by atoms with Crippen LogP contribution in [0.1, 0.15) is 6.92 Å². The van der Waals surface area contributed by atoms with E-state index in [9.17, 15) is 9.90 Å². The highest BCUT2D eigenvalue weighted by atomic mass is 35.5. The standard InChI is InChI=1S/C11H11Cl3O4/c1-11(16,10(15)17-2)5-18-9-4-7(13)6(12)3-8(9)14/h3-4,16H,5H2,1-2H3. The molecule has 0 radical (unpaired) electrons. The van der Waals surface area contributed by atoms with Gasteiger partial charge >= 0.3 is 5.97 Å². The maximum atomic E-state index is 11.2. The number of carbonyl (C=O) groups excluding carboxylic acids is 1. The van der Waals surface area contributed by atoms with Crippen molar-refractivity contribution in [2.24, 2.45) is 0 Å². The van der Waals surface area contributed by atoms with Gasteiger partial charge in [-0.2, -0.15) is 0 Å². The highest BCUT2D eigenvalue weighted by molar-refractivity contribution is 6.43. The first kappa shape index (κ1) is 15.4. The number of hydrogen-bond acceptors (Lipinski definition) is 4. The molecule has 0 aliphatic carbocycles. The van der Waals surface area contributed by atoms with Crippen molar-refractivity contribution in [1.82, 2.24) is 0 Å². The second kappa shape index (κ2) is 5.97. The van der Waals surface area contributed by atoms with E-state index in [-0.39, 0.29) is 27.4 Å². The van der Waals surface area contributed by atoms with Gasteiger partial charge in [-0.15, -0.1) is 0 Å². The Bertz CT molecular complexity index is 460. The van der Waals surface area contributed by atoms with Crippen LogP contribution in [-0.2, 0) is 9.53 Å². The maximum absolute atomic E-state index is 11.2. The lowest BCUT2D eigenvalue weighted by Crippen LogP contribution is -2.42. The molecule has 1 unspecified atom stereocenters. The molecule has 4 nitrogen and oxygen atoms in total. The van der Waals surface area contributed by atoms with Gasteiger partial charge in [0.2, 0.25) is 0 Å². The smallest absolute Gasteiger partial charge is 0.341 e. The molecule has 18 heavy (non-hydrogen) atoms. The Hall–Kier alpha value is -0.680. The second-order valence-electron chi connectivity index (χ2n) is 3.75. The Labute approximate surface area is 119 Å². The van der Waals surface area contributed by atoms with Gasteiger partial charge in [0.25, 0.3) is 0 Å². The topological polar surface area (TPSA) is 55.8 Å². The van der Waals surface area contributed by atoms with Crippen LogP contribution in [0, 0.1) is 0 Å². The predicted octanol–water partition coefficient (Wildman–Crippen LogP) is 2.95. The molecular formula is C11H11Cl3O4. The first-order valence-electron chi connectivity index (χ1n) is 4.86. The third-order valence-corrected chi connectivity index (χ3v) is 3.13. The Balaban J connectivity index is 2.81. The summed E-state index contributed by atoms with van der Waals surface area (Å²) in [5, 5.41) is 10.5. The van der Waals surface area contributed by atoms with Crippen molar-refractivity contribution in [3.05, 3.63) is 27.2 Å². The van der Waals surface area contributed by atoms with Gasteiger partial charge in [0.05, 0.1) is 22.2 Å². The minimum Gasteiger partial charge on any atom is -0.488 e. The number of methoxy groups -OCH3 is 1. The van der Waals surface area contributed by atoms with Crippen molar-refractivity contribution in [1.29, 1.82) is 0 Å². The van der Waals surface area contributed by atoms with Crippen LogP contribution in [-0.4, -0.2) is 30.4 Å². The zero-order valence-electron chi connectivity index (χ0n) is 9.67. The zero-order chi connectivity index (χ0) is 13.9. The first-order valence-corrected chi connectivity index (χ1v) is 5.99. The van der Waals surface area contributed by atoms with Crippen LogP contribution in [0.5, 0.6) is 5.75 Å². The van der Waals surface area contributed by atoms with E-state index < -0.39 is 11.6 Å². The van der Waals surface area contributed by atoms with Crippen molar-refractivity contribution < 1.29 is 19.4 Å². The average molecular weight is 314 g/mol. The summed E-state index contributed by atoms with van der Waals surface area (Å²) in [5.74, 6) is -0.589. The van der Waals surface area contributed by atoms with E-state index in [4.69, 9.17) is 39.5 Å². The minimum atomic E-state index is -1.77. The Morgan fingerprint density at radius 1 is 1.28 bits per heavy atom. The number of benzene rings is 1. The lowest BCUT2D eigenvalue weighted by atomic mass is 10.1. The van der Waals surface area contributed by atoms with Crippen LogP contribution in [0.2, 0.25) is 15.1 Å². The zero-order valence-corrected chi connectivity index (χ0v) is 11.9. The summed E-state index contributed by atoms with van der Waals surface area (Å²) in [6, 6.07) is 2.81. The number of ether oxygens (including phenoxy) is 2. The van der Waals surface area contributed by atoms with Crippen LogP contribution in [0.15, 0.2) is 12.1 Å². The van der Waals surface area contributed by atoms with Crippen molar-refractivity contribution in [2.45, 2.75) is 12.5 Å². The molecule has 0 saturated carbocycles. The number of carbonyl (C=O) groups is 1. The summed E-state index contributed by atoms with van der Waals surface area (Å²) in [4.78, 5) is 11.2. The molecule has 0 amide bonds. The Kier molecular flexibility index (Phi) is 5.10. The van der Waals surface area contributed by atoms with Crippen molar-refractivity contribution in [2.75, 3.05) is 13.7 Å². The molecule has 1 aromatic carbocycles. The SMILES string of the molecule is COC(=O)C(C)(O)COc1cc(Cl)c(Cl)cc1Cl. The predicted molar refractivity (Wildman–Crippen MR) is 69.6 cm³/mol. The van der Waals surface area contributed by atoms with E-state index in [1.54, 1.807) is 0 Å². The fourth-order valence-electron chi connectivity index (χ4n) is 1.11. The lowest BCUT2D eigenvalue weighted by molar-refractivity contribution is -0.163. The molecule has 1 N–H and O–H groups in total. The molecule has 7 heteroatoms. The summed E-state index contributed by atoms with van der Waals surface area (Å²) in [5.41, 5.74) is -1.77. The highest BCUT2D eigenvalue weighted by Gasteiger charge is 2.32.